The molecule has 0 saturated carbocycles. The molecule has 0 amide bonds. The van der Waals surface area contributed by atoms with Gasteiger partial charge in [0.05, 0.1) is 26.4 Å². The second-order valence-electron chi connectivity index (χ2n) is 13.9. The standard InChI is InChI=1S/C38H32N2O14.Li.H/c41-27-15-49-35-33(27)51-17-37(35,43)19-9-11-25(29(13-19)53-39(45)46)31-21-5-1-2-6-22(21)32(24-8-4-3-7-23(24)31)26-12-10-20(14-30(26)54-40(47)48)38(44)18-52-34-28(42)16-50-36(34)38;;/h1-14,27-28,33-36,41-44H,15-18H2;;/t27-,28-,33-,34-,35+,36+,37+,38+;;/m1../s1. The molecule has 4 saturated heterocycles. The molecule has 17 heteroatoms. The molecule has 8 atom stereocenters. The van der Waals surface area contributed by atoms with Crippen LogP contribution in [0.3, 0.4) is 0 Å². The van der Waals surface area contributed by atoms with Crippen molar-refractivity contribution in [2.24, 2.45) is 0 Å². The van der Waals surface area contributed by atoms with Crippen LogP contribution in [0.2, 0.25) is 0 Å². The van der Waals surface area contributed by atoms with Crippen LogP contribution in [0.25, 0.3) is 43.8 Å². The van der Waals surface area contributed by atoms with Gasteiger partial charge in [-0.1, -0.05) is 72.8 Å². The van der Waals surface area contributed by atoms with Crippen molar-refractivity contribution in [3.63, 3.8) is 0 Å². The molecule has 9 rings (SSSR count). The van der Waals surface area contributed by atoms with E-state index in [1.165, 1.54) is 12.1 Å². The van der Waals surface area contributed by atoms with Crippen LogP contribution in [0.15, 0.2) is 84.9 Å². The predicted molar refractivity (Wildman–Crippen MR) is 193 cm³/mol. The van der Waals surface area contributed by atoms with Gasteiger partial charge in [-0.25, -0.2) is 0 Å². The van der Waals surface area contributed by atoms with E-state index in [9.17, 15) is 40.7 Å². The van der Waals surface area contributed by atoms with Gasteiger partial charge in [0.15, 0.2) is 0 Å². The summed E-state index contributed by atoms with van der Waals surface area (Å²) in [5, 5.41) is 68.4. The predicted octanol–water partition coefficient (Wildman–Crippen LogP) is 2.51. The van der Waals surface area contributed by atoms with Crippen molar-refractivity contribution < 1.29 is 59.2 Å². The molecular weight excluding hydrogens is 715 g/mol. The summed E-state index contributed by atoms with van der Waals surface area (Å²) >= 11 is 0. The average molecular weight is 749 g/mol. The van der Waals surface area contributed by atoms with Crippen LogP contribution in [-0.4, -0.2) is 113 Å². The Bertz CT molecular complexity index is 2140. The molecule has 4 aliphatic rings. The zero-order chi connectivity index (χ0) is 37.5. The summed E-state index contributed by atoms with van der Waals surface area (Å²) in [4.78, 5) is 34.2. The first-order chi connectivity index (χ1) is 26.0. The number of ether oxygens (including phenoxy) is 4. The molecule has 16 nitrogen and oxygen atoms in total. The van der Waals surface area contributed by atoms with Crippen LogP contribution in [0.5, 0.6) is 11.5 Å². The van der Waals surface area contributed by atoms with Crippen molar-refractivity contribution >= 4 is 40.4 Å². The van der Waals surface area contributed by atoms with Crippen LogP contribution < -0.4 is 9.68 Å². The molecule has 0 spiro atoms. The second-order valence-corrected chi connectivity index (χ2v) is 13.9. The Kier molecular flexibility index (Phi) is 9.34. The summed E-state index contributed by atoms with van der Waals surface area (Å²) in [5.41, 5.74) is -1.28. The van der Waals surface area contributed by atoms with Gasteiger partial charge in [-0.05, 0) is 55.9 Å². The zero-order valence-electron chi connectivity index (χ0n) is 28.1. The van der Waals surface area contributed by atoms with Crippen molar-refractivity contribution in [1.82, 2.24) is 0 Å². The molecule has 55 heavy (non-hydrogen) atoms. The van der Waals surface area contributed by atoms with Crippen LogP contribution in [0.1, 0.15) is 11.1 Å². The van der Waals surface area contributed by atoms with Gasteiger partial charge in [0.2, 0.25) is 0 Å². The Morgan fingerprint density at radius 1 is 0.600 bits per heavy atom. The zero-order valence-corrected chi connectivity index (χ0v) is 28.1. The van der Waals surface area contributed by atoms with Crippen molar-refractivity contribution in [2.75, 3.05) is 26.4 Å². The van der Waals surface area contributed by atoms with E-state index < -0.39 is 58.0 Å². The van der Waals surface area contributed by atoms with Gasteiger partial charge in [0.25, 0.3) is 10.2 Å². The van der Waals surface area contributed by atoms with Gasteiger partial charge in [-0.2, -0.15) is 0 Å². The molecule has 5 aromatic rings. The summed E-state index contributed by atoms with van der Waals surface area (Å²) in [6.07, 6.45) is -5.25. The van der Waals surface area contributed by atoms with Crippen molar-refractivity contribution in [3.8, 4) is 33.8 Å². The molecule has 0 unspecified atom stereocenters. The Morgan fingerprint density at radius 3 is 1.31 bits per heavy atom. The first kappa shape index (κ1) is 37.2. The van der Waals surface area contributed by atoms with E-state index in [4.69, 9.17) is 28.6 Å². The molecular formula is C38H33LiN2O14. The Balaban J connectivity index is 0.00000427. The summed E-state index contributed by atoms with van der Waals surface area (Å²) in [7, 11) is 0. The maximum absolute atomic E-state index is 11.9. The number of hydrogen-bond acceptors (Lipinski definition) is 14. The van der Waals surface area contributed by atoms with E-state index in [0.29, 0.717) is 43.8 Å². The monoisotopic (exact) mass is 748 g/mol. The summed E-state index contributed by atoms with van der Waals surface area (Å²) < 4.78 is 22.7. The fourth-order valence-electron chi connectivity index (χ4n) is 8.53. The summed E-state index contributed by atoms with van der Waals surface area (Å²) in [6.45, 7) is -0.509. The van der Waals surface area contributed by atoms with Crippen LogP contribution in [0, 0.1) is 20.2 Å². The van der Waals surface area contributed by atoms with Crippen molar-refractivity contribution in [2.45, 2.75) is 47.8 Å². The van der Waals surface area contributed by atoms with Gasteiger partial charge in [-0.15, -0.1) is 20.2 Å². The van der Waals surface area contributed by atoms with Gasteiger partial charge in [0, 0.05) is 11.1 Å². The van der Waals surface area contributed by atoms with Gasteiger partial charge in [-0.3, -0.25) is 9.68 Å². The first-order valence-electron chi connectivity index (χ1n) is 17.1. The quantitative estimate of drug-likeness (QED) is 0.0775. The number of rotatable bonds is 8. The fraction of sp³-hybridized carbons (Fsp3) is 0.316. The molecule has 0 aromatic heterocycles. The second kappa shape index (κ2) is 13.8. The van der Waals surface area contributed by atoms with Crippen molar-refractivity contribution in [1.29, 1.82) is 0 Å². The van der Waals surface area contributed by atoms with E-state index in [-0.39, 0.29) is 67.9 Å². The SMILES string of the molecule is O=[N+]([O-])Oc1cc([C@@]2(O)CO[C@@H]3[C@H](O)CO[C@@H]32)ccc1-c1c2ccccc2c(-c2ccc([C@@]3(O)CO[C@@H]4[C@H](O)CO[C@@H]43)cc2O[N+](=O)[O-])c2ccccc12.[LiH]. The maximum atomic E-state index is 11.9. The summed E-state index contributed by atoms with van der Waals surface area (Å²) in [5.74, 6) is -0.357. The third kappa shape index (κ3) is 5.85. The molecule has 4 aliphatic heterocycles. The molecule has 4 heterocycles. The number of fused-ring (bicyclic) bond motifs is 4. The fourth-order valence-corrected chi connectivity index (χ4v) is 8.53. The molecule has 0 radical (unpaired) electrons. The number of aliphatic hydroxyl groups is 4. The van der Waals surface area contributed by atoms with E-state index in [1.807, 2.05) is 24.3 Å². The molecule has 4 N–H and O–H groups in total. The van der Waals surface area contributed by atoms with E-state index in [2.05, 4.69) is 0 Å². The molecule has 0 bridgehead atoms. The van der Waals surface area contributed by atoms with Gasteiger partial charge < -0.3 is 39.4 Å². The number of benzene rings is 5. The Hall–Kier alpha value is -4.70. The van der Waals surface area contributed by atoms with Crippen LogP contribution in [0.4, 0.5) is 0 Å². The van der Waals surface area contributed by atoms with E-state index in [0.717, 1.165) is 0 Å². The Morgan fingerprint density at radius 2 is 0.964 bits per heavy atom. The molecule has 0 aliphatic carbocycles. The minimum atomic E-state index is -1.73. The van der Waals surface area contributed by atoms with Gasteiger partial charge >= 0.3 is 18.9 Å². The average Bonchev–Trinajstić information content (AvgIpc) is 3.91. The normalized spacial score (nSPS) is 29.5. The van der Waals surface area contributed by atoms with E-state index >= 15 is 0 Å². The third-order valence-corrected chi connectivity index (χ3v) is 11.0. The Labute approximate surface area is 323 Å². The molecule has 4 fully saturated rings. The number of nitrogens with zero attached hydrogens (tertiary/aromatic N) is 2. The first-order valence-corrected chi connectivity index (χ1v) is 17.1. The topological polar surface area (TPSA) is 223 Å². The van der Waals surface area contributed by atoms with E-state index in [1.54, 1.807) is 48.5 Å². The minimum absolute atomic E-state index is 0. The number of aliphatic hydroxyl groups excluding tert-OH is 2. The van der Waals surface area contributed by atoms with Crippen LogP contribution >= 0.6 is 0 Å². The summed E-state index contributed by atoms with van der Waals surface area (Å²) in [6, 6.07) is 23.5. The molecule has 5 aromatic carbocycles. The van der Waals surface area contributed by atoms with Crippen LogP contribution in [-0.2, 0) is 30.1 Å². The number of hydrogen-bond donors (Lipinski definition) is 4. The molecule has 280 valence electrons. The third-order valence-electron chi connectivity index (χ3n) is 11.0. The van der Waals surface area contributed by atoms with Crippen molar-refractivity contribution in [3.05, 3.63) is 116 Å². The van der Waals surface area contributed by atoms with Gasteiger partial charge in [0.1, 0.15) is 59.3 Å².